The number of hydrogen-bond acceptors (Lipinski definition) is 5. The zero-order chi connectivity index (χ0) is 16.2. The number of aromatic nitrogens is 1. The number of anilines is 1. The molecule has 0 saturated carbocycles. The van der Waals surface area contributed by atoms with Crippen molar-refractivity contribution in [3.05, 3.63) is 47.7 Å². The van der Waals surface area contributed by atoms with E-state index < -0.39 is 0 Å². The third-order valence-electron chi connectivity index (χ3n) is 4.30. The number of nitrogens with two attached hydrogens (primary N) is 1. The van der Waals surface area contributed by atoms with Crippen LogP contribution in [0.2, 0.25) is 0 Å². The van der Waals surface area contributed by atoms with Crippen molar-refractivity contribution in [2.75, 3.05) is 31.5 Å². The molecule has 1 aliphatic rings. The molecule has 0 aliphatic carbocycles. The third kappa shape index (κ3) is 4.35. The number of carbonyl (C=O) groups is 1. The van der Waals surface area contributed by atoms with E-state index >= 15 is 0 Å². The molecule has 0 bridgehead atoms. The Morgan fingerprint density at radius 1 is 1.38 bits per heavy atom. The average molecular weight is 351 g/mol. The maximum Gasteiger partial charge on any atom is 0.240 e. The maximum atomic E-state index is 12.1. The number of aryl methyl sites for hydroxylation is 1. The summed E-state index contributed by atoms with van der Waals surface area (Å²) in [7, 11) is 0. The molecule has 3 rings (SSSR count). The molecule has 2 heterocycles. The molecule has 2 aromatic rings. The van der Waals surface area contributed by atoms with Crippen molar-refractivity contribution in [1.82, 2.24) is 10.1 Å². The molecule has 2 atom stereocenters. The second kappa shape index (κ2) is 8.28. The molecule has 24 heavy (non-hydrogen) atoms. The molecule has 1 fully saturated rings. The first-order valence-corrected chi connectivity index (χ1v) is 7.86. The molecule has 0 unspecified atom stereocenters. The van der Waals surface area contributed by atoms with E-state index in [1.165, 1.54) is 5.56 Å². The molecule has 0 spiro atoms. The van der Waals surface area contributed by atoms with Gasteiger partial charge in [0.25, 0.3) is 0 Å². The summed E-state index contributed by atoms with van der Waals surface area (Å²) in [5.74, 6) is 1.05. The van der Waals surface area contributed by atoms with E-state index in [-0.39, 0.29) is 18.3 Å². The molecule has 1 aromatic carbocycles. The van der Waals surface area contributed by atoms with E-state index in [1.54, 1.807) is 6.07 Å². The summed E-state index contributed by atoms with van der Waals surface area (Å²) in [4.78, 5) is 14.3. The molecule has 6 nitrogen and oxygen atoms in total. The fourth-order valence-electron chi connectivity index (χ4n) is 3.21. The Labute approximate surface area is 147 Å². The summed E-state index contributed by atoms with van der Waals surface area (Å²) in [5.41, 5.74) is 7.96. The predicted molar refractivity (Wildman–Crippen MR) is 95.3 cm³/mol. The summed E-state index contributed by atoms with van der Waals surface area (Å²) < 4.78 is 5.01. The molecule has 3 N–H and O–H groups in total. The van der Waals surface area contributed by atoms with Crippen molar-refractivity contribution in [2.24, 2.45) is 11.7 Å². The number of rotatable bonds is 5. The summed E-state index contributed by atoms with van der Waals surface area (Å²) in [6.45, 7) is 4.45. The van der Waals surface area contributed by atoms with Gasteiger partial charge in [-0.15, -0.1) is 12.4 Å². The van der Waals surface area contributed by atoms with Gasteiger partial charge in [-0.2, -0.15) is 0 Å². The zero-order valence-corrected chi connectivity index (χ0v) is 14.5. The van der Waals surface area contributed by atoms with Crippen LogP contribution in [0, 0.1) is 12.8 Å². The fourth-order valence-corrected chi connectivity index (χ4v) is 3.21. The van der Waals surface area contributed by atoms with Gasteiger partial charge in [-0.05, 0) is 24.9 Å². The predicted octanol–water partition coefficient (Wildman–Crippen LogP) is 2.02. The van der Waals surface area contributed by atoms with Gasteiger partial charge in [-0.3, -0.25) is 15.0 Å². The molecule has 1 saturated heterocycles. The molecule has 1 aliphatic heterocycles. The SMILES string of the molecule is Cc1cc(NC(=O)CN2C[C@@H](CN)[C@H](c3ccccc3)C2)on1.Cl. The van der Waals surface area contributed by atoms with Gasteiger partial charge in [0.15, 0.2) is 0 Å². The van der Waals surface area contributed by atoms with Crippen molar-refractivity contribution in [3.8, 4) is 0 Å². The molecular formula is C17H23ClN4O2. The number of nitrogens with zero attached hydrogens (tertiary/aromatic N) is 2. The van der Waals surface area contributed by atoms with E-state index in [0.717, 1.165) is 18.8 Å². The lowest BCUT2D eigenvalue weighted by Crippen LogP contribution is -2.32. The average Bonchev–Trinajstić information content (AvgIpc) is 3.14. The maximum absolute atomic E-state index is 12.1. The highest BCUT2D eigenvalue weighted by Gasteiger charge is 2.33. The zero-order valence-electron chi connectivity index (χ0n) is 13.6. The van der Waals surface area contributed by atoms with Crippen LogP contribution in [0.5, 0.6) is 0 Å². The van der Waals surface area contributed by atoms with Crippen molar-refractivity contribution in [1.29, 1.82) is 0 Å². The van der Waals surface area contributed by atoms with Crippen molar-refractivity contribution in [2.45, 2.75) is 12.8 Å². The smallest absolute Gasteiger partial charge is 0.240 e. The van der Waals surface area contributed by atoms with E-state index in [2.05, 4.69) is 27.5 Å². The molecule has 0 radical (unpaired) electrons. The summed E-state index contributed by atoms with van der Waals surface area (Å²) >= 11 is 0. The summed E-state index contributed by atoms with van der Waals surface area (Å²) in [6.07, 6.45) is 0. The second-order valence-electron chi connectivity index (χ2n) is 6.09. The summed E-state index contributed by atoms with van der Waals surface area (Å²) in [5, 5.41) is 6.49. The van der Waals surface area contributed by atoms with Crippen LogP contribution >= 0.6 is 12.4 Å². The topological polar surface area (TPSA) is 84.4 Å². The van der Waals surface area contributed by atoms with E-state index in [9.17, 15) is 4.79 Å². The van der Waals surface area contributed by atoms with Crippen LogP contribution in [0.4, 0.5) is 5.88 Å². The first-order valence-electron chi connectivity index (χ1n) is 7.86. The van der Waals surface area contributed by atoms with Gasteiger partial charge in [0.2, 0.25) is 11.8 Å². The molecule has 1 amide bonds. The van der Waals surface area contributed by atoms with Gasteiger partial charge >= 0.3 is 0 Å². The van der Waals surface area contributed by atoms with Crippen LogP contribution in [0.1, 0.15) is 17.2 Å². The minimum Gasteiger partial charge on any atom is -0.338 e. The van der Waals surface area contributed by atoms with Crippen molar-refractivity contribution < 1.29 is 9.32 Å². The lowest BCUT2D eigenvalue weighted by molar-refractivity contribution is -0.117. The van der Waals surface area contributed by atoms with Crippen LogP contribution in [0.3, 0.4) is 0 Å². The number of hydrogen-bond donors (Lipinski definition) is 2. The normalized spacial score (nSPS) is 20.6. The van der Waals surface area contributed by atoms with Crippen LogP contribution in [-0.4, -0.2) is 42.1 Å². The van der Waals surface area contributed by atoms with E-state index in [1.807, 2.05) is 25.1 Å². The van der Waals surface area contributed by atoms with Gasteiger partial charge in [-0.25, -0.2) is 0 Å². The van der Waals surface area contributed by atoms with Crippen molar-refractivity contribution in [3.63, 3.8) is 0 Å². The van der Waals surface area contributed by atoms with Crippen LogP contribution < -0.4 is 11.1 Å². The number of benzene rings is 1. The number of amides is 1. The molecule has 7 heteroatoms. The second-order valence-corrected chi connectivity index (χ2v) is 6.09. The fraction of sp³-hybridized carbons (Fsp3) is 0.412. The number of halogens is 1. The minimum atomic E-state index is -0.0920. The van der Waals surface area contributed by atoms with Gasteiger partial charge in [0.05, 0.1) is 12.2 Å². The largest absolute Gasteiger partial charge is 0.338 e. The molecular weight excluding hydrogens is 328 g/mol. The van der Waals surface area contributed by atoms with Gasteiger partial charge in [0.1, 0.15) is 0 Å². The van der Waals surface area contributed by atoms with E-state index in [4.69, 9.17) is 10.3 Å². The Kier molecular flexibility index (Phi) is 6.36. The molecule has 130 valence electrons. The van der Waals surface area contributed by atoms with Crippen molar-refractivity contribution >= 4 is 24.2 Å². The third-order valence-corrected chi connectivity index (χ3v) is 4.30. The number of nitrogens with one attached hydrogen (secondary N) is 1. The Balaban J connectivity index is 0.00000208. The highest BCUT2D eigenvalue weighted by atomic mass is 35.5. The Hall–Kier alpha value is -1.89. The first-order chi connectivity index (χ1) is 11.2. The van der Waals surface area contributed by atoms with Gasteiger partial charge in [-0.1, -0.05) is 35.5 Å². The lowest BCUT2D eigenvalue weighted by Gasteiger charge is -2.16. The first kappa shape index (κ1) is 18.4. The number of carbonyl (C=O) groups excluding carboxylic acids is 1. The van der Waals surface area contributed by atoms with Crippen LogP contribution in [0.25, 0.3) is 0 Å². The Bertz CT molecular complexity index is 662. The van der Waals surface area contributed by atoms with Gasteiger partial charge < -0.3 is 10.3 Å². The molecule has 1 aromatic heterocycles. The van der Waals surface area contributed by atoms with Crippen LogP contribution in [0.15, 0.2) is 40.9 Å². The van der Waals surface area contributed by atoms with Gasteiger partial charge in [0, 0.05) is 25.1 Å². The Morgan fingerprint density at radius 2 is 2.12 bits per heavy atom. The number of likely N-dealkylation sites (tertiary alicyclic amines) is 1. The highest BCUT2D eigenvalue weighted by molar-refractivity contribution is 5.91. The van der Waals surface area contributed by atoms with E-state index in [0.29, 0.717) is 30.8 Å². The lowest BCUT2D eigenvalue weighted by atomic mass is 9.89. The standard InChI is InChI=1S/C17H22N4O2.ClH/c1-12-7-17(23-20-12)19-16(22)11-21-9-14(8-18)15(10-21)13-5-3-2-4-6-13;/h2-7,14-15H,8-11,18H2,1H3,(H,19,22);1H/t14-,15+;/m1./s1. The minimum absolute atomic E-state index is 0. The highest BCUT2D eigenvalue weighted by Crippen LogP contribution is 2.31. The summed E-state index contributed by atoms with van der Waals surface area (Å²) in [6, 6.07) is 12.1. The quantitative estimate of drug-likeness (QED) is 0.861. The monoisotopic (exact) mass is 350 g/mol. The van der Waals surface area contributed by atoms with Crippen LogP contribution in [-0.2, 0) is 4.79 Å². The Morgan fingerprint density at radius 3 is 2.75 bits per heavy atom.